The third kappa shape index (κ3) is 3.75. The van der Waals surface area contributed by atoms with Gasteiger partial charge in [0.1, 0.15) is 11.9 Å². The molecule has 1 atom stereocenters. The molecule has 0 saturated carbocycles. The van der Waals surface area contributed by atoms with Gasteiger partial charge in [0.15, 0.2) is 0 Å². The minimum Gasteiger partial charge on any atom is -0.490 e. The molecule has 2 fully saturated rings. The molecule has 6 heteroatoms. The minimum absolute atomic E-state index is 0.0455. The van der Waals surface area contributed by atoms with Gasteiger partial charge < -0.3 is 14.5 Å². The number of pyridine rings is 1. The van der Waals surface area contributed by atoms with E-state index in [1.165, 1.54) is 0 Å². The molecule has 0 N–H and O–H groups in total. The number of nitrogens with zero attached hydrogens (tertiary/aromatic N) is 3. The Morgan fingerprint density at radius 2 is 2.04 bits per heavy atom. The van der Waals surface area contributed by atoms with Crippen molar-refractivity contribution in [2.75, 3.05) is 26.2 Å². The van der Waals surface area contributed by atoms with Crippen LogP contribution >= 0.6 is 0 Å². The predicted octanol–water partition coefficient (Wildman–Crippen LogP) is 1.49. The standard InChI is InChI=1S/C18H23N3O3/c1-2-9-21-13-14(12-17(21)22)18(23)20-10-5-16(6-11-20)24-15-3-7-19-8-4-15/h2-4,7-8,14,16H,1,5-6,9-13H2/t14-/m1/s1. The highest BCUT2D eigenvalue weighted by molar-refractivity contribution is 5.89. The van der Waals surface area contributed by atoms with Gasteiger partial charge in [0, 0.05) is 57.8 Å². The van der Waals surface area contributed by atoms with Gasteiger partial charge in [-0.2, -0.15) is 0 Å². The summed E-state index contributed by atoms with van der Waals surface area (Å²) in [6.07, 6.45) is 7.18. The van der Waals surface area contributed by atoms with Crippen molar-refractivity contribution in [2.24, 2.45) is 5.92 Å². The number of amides is 2. The number of piperidine rings is 1. The van der Waals surface area contributed by atoms with Crippen LogP contribution in [0.15, 0.2) is 37.2 Å². The summed E-state index contributed by atoms with van der Waals surface area (Å²) in [6.45, 7) is 6.05. The molecule has 2 amide bonds. The van der Waals surface area contributed by atoms with E-state index >= 15 is 0 Å². The van der Waals surface area contributed by atoms with Crippen LogP contribution in [-0.4, -0.2) is 58.9 Å². The second-order valence-electron chi connectivity index (χ2n) is 6.31. The molecule has 3 rings (SSSR count). The van der Waals surface area contributed by atoms with Crippen LogP contribution in [0.4, 0.5) is 0 Å². The van der Waals surface area contributed by atoms with Crippen molar-refractivity contribution in [1.82, 2.24) is 14.8 Å². The van der Waals surface area contributed by atoms with Crippen LogP contribution in [0.2, 0.25) is 0 Å². The molecule has 3 heterocycles. The minimum atomic E-state index is -0.213. The van der Waals surface area contributed by atoms with E-state index in [9.17, 15) is 9.59 Å². The number of ether oxygens (including phenoxy) is 1. The van der Waals surface area contributed by atoms with E-state index in [2.05, 4.69) is 11.6 Å². The van der Waals surface area contributed by atoms with Crippen molar-refractivity contribution in [3.05, 3.63) is 37.2 Å². The monoisotopic (exact) mass is 329 g/mol. The van der Waals surface area contributed by atoms with Crippen LogP contribution in [0.1, 0.15) is 19.3 Å². The summed E-state index contributed by atoms with van der Waals surface area (Å²) in [5.74, 6) is 0.743. The van der Waals surface area contributed by atoms with Gasteiger partial charge >= 0.3 is 0 Å². The largest absolute Gasteiger partial charge is 0.490 e. The number of carbonyl (C=O) groups is 2. The number of hydrogen-bond donors (Lipinski definition) is 0. The molecule has 0 unspecified atom stereocenters. The van der Waals surface area contributed by atoms with Crippen molar-refractivity contribution in [3.63, 3.8) is 0 Å². The van der Waals surface area contributed by atoms with Crippen LogP contribution in [0.25, 0.3) is 0 Å². The first-order valence-corrected chi connectivity index (χ1v) is 8.41. The number of rotatable bonds is 5. The molecule has 2 aliphatic rings. The van der Waals surface area contributed by atoms with Crippen LogP contribution in [0.5, 0.6) is 5.75 Å². The summed E-state index contributed by atoms with van der Waals surface area (Å²) < 4.78 is 5.92. The lowest BCUT2D eigenvalue weighted by atomic mass is 10.0. The van der Waals surface area contributed by atoms with Gasteiger partial charge in [-0.15, -0.1) is 6.58 Å². The topological polar surface area (TPSA) is 62.7 Å². The van der Waals surface area contributed by atoms with Gasteiger partial charge in [0.05, 0.1) is 5.92 Å². The van der Waals surface area contributed by atoms with Crippen LogP contribution in [0.3, 0.4) is 0 Å². The Morgan fingerprint density at radius 1 is 1.33 bits per heavy atom. The SMILES string of the molecule is C=CCN1C[C@H](C(=O)N2CCC(Oc3ccncc3)CC2)CC1=O. The van der Waals surface area contributed by atoms with Crippen molar-refractivity contribution in [3.8, 4) is 5.75 Å². The lowest BCUT2D eigenvalue weighted by Gasteiger charge is -2.33. The summed E-state index contributed by atoms with van der Waals surface area (Å²) >= 11 is 0. The highest BCUT2D eigenvalue weighted by Crippen LogP contribution is 2.23. The van der Waals surface area contributed by atoms with Gasteiger partial charge in [-0.05, 0) is 12.1 Å². The Balaban J connectivity index is 1.49. The summed E-state index contributed by atoms with van der Waals surface area (Å²) in [5, 5.41) is 0. The maximum Gasteiger partial charge on any atom is 0.227 e. The molecule has 1 aromatic heterocycles. The molecule has 6 nitrogen and oxygen atoms in total. The Labute approximate surface area is 142 Å². The molecule has 24 heavy (non-hydrogen) atoms. The quantitative estimate of drug-likeness (QED) is 0.768. The maximum atomic E-state index is 12.6. The Bertz CT molecular complexity index is 597. The van der Waals surface area contributed by atoms with Crippen molar-refractivity contribution in [2.45, 2.75) is 25.4 Å². The highest BCUT2D eigenvalue weighted by Gasteiger charge is 2.37. The van der Waals surface area contributed by atoms with E-state index in [4.69, 9.17) is 4.74 Å². The van der Waals surface area contributed by atoms with E-state index in [-0.39, 0.29) is 23.8 Å². The first kappa shape index (κ1) is 16.5. The van der Waals surface area contributed by atoms with Gasteiger partial charge in [-0.25, -0.2) is 0 Å². The Hall–Kier alpha value is -2.37. The molecule has 1 aromatic rings. The first-order chi connectivity index (χ1) is 11.7. The van der Waals surface area contributed by atoms with E-state index in [1.54, 1.807) is 23.4 Å². The number of carbonyl (C=O) groups excluding carboxylic acids is 2. The zero-order valence-electron chi connectivity index (χ0n) is 13.8. The van der Waals surface area contributed by atoms with Gasteiger partial charge in [0.2, 0.25) is 11.8 Å². The zero-order valence-corrected chi connectivity index (χ0v) is 13.8. The fourth-order valence-electron chi connectivity index (χ4n) is 3.33. The molecule has 2 aliphatic heterocycles. The lowest BCUT2D eigenvalue weighted by Crippen LogP contribution is -2.44. The smallest absolute Gasteiger partial charge is 0.227 e. The molecule has 0 bridgehead atoms. The lowest BCUT2D eigenvalue weighted by molar-refractivity contribution is -0.137. The fraction of sp³-hybridized carbons (Fsp3) is 0.500. The van der Waals surface area contributed by atoms with Crippen LogP contribution in [0, 0.1) is 5.92 Å². The number of hydrogen-bond acceptors (Lipinski definition) is 4. The zero-order chi connectivity index (χ0) is 16.9. The summed E-state index contributed by atoms with van der Waals surface area (Å²) in [5.41, 5.74) is 0. The van der Waals surface area contributed by atoms with Crippen molar-refractivity contribution < 1.29 is 14.3 Å². The average Bonchev–Trinajstić information content (AvgIpc) is 2.97. The number of likely N-dealkylation sites (tertiary alicyclic amines) is 2. The van der Waals surface area contributed by atoms with Gasteiger partial charge in [0.25, 0.3) is 0 Å². The molecule has 128 valence electrons. The number of aromatic nitrogens is 1. The first-order valence-electron chi connectivity index (χ1n) is 8.41. The third-order valence-electron chi connectivity index (χ3n) is 4.62. The summed E-state index contributed by atoms with van der Waals surface area (Å²) in [6, 6.07) is 3.69. The Morgan fingerprint density at radius 3 is 2.71 bits per heavy atom. The van der Waals surface area contributed by atoms with Crippen molar-refractivity contribution >= 4 is 11.8 Å². The second kappa shape index (κ2) is 7.47. The molecule has 0 aromatic carbocycles. The second-order valence-corrected chi connectivity index (χ2v) is 6.31. The normalized spacial score (nSPS) is 21.8. The van der Waals surface area contributed by atoms with E-state index in [0.29, 0.717) is 32.6 Å². The predicted molar refractivity (Wildman–Crippen MR) is 89.4 cm³/mol. The van der Waals surface area contributed by atoms with Gasteiger partial charge in [-0.3, -0.25) is 14.6 Å². The van der Waals surface area contributed by atoms with E-state index < -0.39 is 0 Å². The molecule has 0 aliphatic carbocycles. The third-order valence-corrected chi connectivity index (χ3v) is 4.62. The Kier molecular flexibility index (Phi) is 5.13. The molecular weight excluding hydrogens is 306 g/mol. The van der Waals surface area contributed by atoms with E-state index in [1.807, 2.05) is 17.0 Å². The summed E-state index contributed by atoms with van der Waals surface area (Å²) in [4.78, 5) is 32.1. The maximum absolute atomic E-state index is 12.6. The summed E-state index contributed by atoms with van der Waals surface area (Å²) in [7, 11) is 0. The fourth-order valence-corrected chi connectivity index (χ4v) is 3.33. The highest BCUT2D eigenvalue weighted by atomic mass is 16.5. The average molecular weight is 329 g/mol. The van der Waals surface area contributed by atoms with E-state index in [0.717, 1.165) is 18.6 Å². The van der Waals surface area contributed by atoms with Crippen molar-refractivity contribution in [1.29, 1.82) is 0 Å². The van der Waals surface area contributed by atoms with Gasteiger partial charge in [-0.1, -0.05) is 6.08 Å². The van der Waals surface area contributed by atoms with Crippen LogP contribution < -0.4 is 4.74 Å². The molecule has 0 radical (unpaired) electrons. The molecule has 0 spiro atoms. The molecule has 2 saturated heterocycles. The molecular formula is C18H23N3O3. The van der Waals surface area contributed by atoms with Crippen LogP contribution in [-0.2, 0) is 9.59 Å².